The fourth-order valence-electron chi connectivity index (χ4n) is 2.01. The van der Waals surface area contributed by atoms with Gasteiger partial charge in [0.2, 0.25) is 5.91 Å². The molecule has 1 fully saturated rings. The Labute approximate surface area is 96.5 Å². The zero-order chi connectivity index (χ0) is 11.4. The summed E-state index contributed by atoms with van der Waals surface area (Å²) in [6, 6.07) is 8.48. The number of nitrogens with zero attached hydrogens (tertiary/aromatic N) is 1. The van der Waals surface area contributed by atoms with Gasteiger partial charge in [-0.3, -0.25) is 4.79 Å². The summed E-state index contributed by atoms with van der Waals surface area (Å²) in [6.07, 6.45) is 0.952. The Morgan fingerprint density at radius 3 is 3.06 bits per heavy atom. The number of carbonyl (C=O) groups is 1. The molecule has 1 amide bonds. The van der Waals surface area contributed by atoms with Gasteiger partial charge >= 0.3 is 0 Å². The van der Waals surface area contributed by atoms with Crippen LogP contribution in [0.2, 0.25) is 0 Å². The number of rotatable bonds is 3. The first-order chi connectivity index (χ1) is 7.75. The van der Waals surface area contributed by atoms with Crippen molar-refractivity contribution in [2.75, 3.05) is 26.2 Å². The van der Waals surface area contributed by atoms with Gasteiger partial charge in [-0.25, -0.2) is 0 Å². The van der Waals surface area contributed by atoms with Crippen LogP contribution in [0.1, 0.15) is 11.1 Å². The quantitative estimate of drug-likeness (QED) is 0.820. The third kappa shape index (κ3) is 2.83. The van der Waals surface area contributed by atoms with Gasteiger partial charge < -0.3 is 10.2 Å². The lowest BCUT2D eigenvalue weighted by atomic mass is 10.1. The van der Waals surface area contributed by atoms with Crippen molar-refractivity contribution >= 4 is 5.91 Å². The number of piperazine rings is 1. The SMILES string of the molecule is Cc1cccc(CCN2CCNCC2=O)c1. The zero-order valence-corrected chi connectivity index (χ0v) is 9.70. The Kier molecular flexibility index (Phi) is 3.57. The summed E-state index contributed by atoms with van der Waals surface area (Å²) in [6.45, 7) is 5.18. The van der Waals surface area contributed by atoms with Gasteiger partial charge in [-0.05, 0) is 18.9 Å². The molecule has 1 aliphatic rings. The van der Waals surface area contributed by atoms with Crippen molar-refractivity contribution in [1.82, 2.24) is 10.2 Å². The molecule has 1 aliphatic heterocycles. The highest BCUT2D eigenvalue weighted by Gasteiger charge is 2.16. The number of aryl methyl sites for hydroxylation is 1. The van der Waals surface area contributed by atoms with Crippen LogP contribution >= 0.6 is 0 Å². The van der Waals surface area contributed by atoms with Crippen LogP contribution in [0.15, 0.2) is 24.3 Å². The number of benzene rings is 1. The van der Waals surface area contributed by atoms with Crippen molar-refractivity contribution in [3.05, 3.63) is 35.4 Å². The van der Waals surface area contributed by atoms with E-state index in [1.54, 1.807) is 0 Å². The van der Waals surface area contributed by atoms with Crippen molar-refractivity contribution < 1.29 is 4.79 Å². The fourth-order valence-corrected chi connectivity index (χ4v) is 2.01. The van der Waals surface area contributed by atoms with E-state index in [1.807, 2.05) is 4.90 Å². The Morgan fingerprint density at radius 1 is 1.44 bits per heavy atom. The van der Waals surface area contributed by atoms with Gasteiger partial charge in [0.1, 0.15) is 0 Å². The predicted molar refractivity (Wildman–Crippen MR) is 64.3 cm³/mol. The van der Waals surface area contributed by atoms with Crippen molar-refractivity contribution in [2.45, 2.75) is 13.3 Å². The molecule has 1 aromatic rings. The van der Waals surface area contributed by atoms with Crippen molar-refractivity contribution in [3.63, 3.8) is 0 Å². The molecule has 1 heterocycles. The minimum atomic E-state index is 0.221. The zero-order valence-electron chi connectivity index (χ0n) is 9.70. The maximum Gasteiger partial charge on any atom is 0.236 e. The van der Waals surface area contributed by atoms with Crippen molar-refractivity contribution in [2.24, 2.45) is 0 Å². The Morgan fingerprint density at radius 2 is 2.31 bits per heavy atom. The minimum Gasteiger partial charge on any atom is -0.340 e. The molecule has 1 N–H and O–H groups in total. The molecule has 0 unspecified atom stereocenters. The van der Waals surface area contributed by atoms with Gasteiger partial charge in [-0.15, -0.1) is 0 Å². The summed E-state index contributed by atoms with van der Waals surface area (Å²) in [7, 11) is 0. The second kappa shape index (κ2) is 5.12. The van der Waals surface area contributed by atoms with E-state index >= 15 is 0 Å². The Balaban J connectivity index is 1.89. The van der Waals surface area contributed by atoms with Crippen LogP contribution in [0.3, 0.4) is 0 Å². The first-order valence-corrected chi connectivity index (χ1v) is 5.80. The predicted octanol–water partition coefficient (Wildman–Crippen LogP) is 0.969. The van der Waals surface area contributed by atoms with Crippen LogP contribution in [0, 0.1) is 6.92 Å². The van der Waals surface area contributed by atoms with Crippen LogP contribution in [0.4, 0.5) is 0 Å². The largest absolute Gasteiger partial charge is 0.340 e. The third-order valence-corrected chi connectivity index (χ3v) is 2.94. The van der Waals surface area contributed by atoms with Gasteiger partial charge in [0.15, 0.2) is 0 Å². The van der Waals surface area contributed by atoms with E-state index in [1.165, 1.54) is 11.1 Å². The molecule has 16 heavy (non-hydrogen) atoms. The highest BCUT2D eigenvalue weighted by molar-refractivity contribution is 5.78. The average molecular weight is 218 g/mol. The van der Waals surface area contributed by atoms with Crippen LogP contribution in [-0.4, -0.2) is 37.0 Å². The van der Waals surface area contributed by atoms with Crippen LogP contribution in [0.25, 0.3) is 0 Å². The van der Waals surface area contributed by atoms with Gasteiger partial charge in [0.05, 0.1) is 6.54 Å². The highest BCUT2D eigenvalue weighted by Crippen LogP contribution is 2.06. The normalized spacial score (nSPS) is 16.6. The van der Waals surface area contributed by atoms with E-state index in [9.17, 15) is 4.79 Å². The summed E-state index contributed by atoms with van der Waals surface area (Å²) < 4.78 is 0. The highest BCUT2D eigenvalue weighted by atomic mass is 16.2. The van der Waals surface area contributed by atoms with E-state index < -0.39 is 0 Å². The standard InChI is InChI=1S/C13H18N2O/c1-11-3-2-4-12(9-11)5-7-15-8-6-14-10-13(15)16/h2-4,9,14H,5-8,10H2,1H3. The lowest BCUT2D eigenvalue weighted by Gasteiger charge is -2.27. The van der Waals surface area contributed by atoms with E-state index in [4.69, 9.17) is 0 Å². The van der Waals surface area contributed by atoms with Crippen molar-refractivity contribution in [1.29, 1.82) is 0 Å². The van der Waals surface area contributed by atoms with Gasteiger partial charge in [0.25, 0.3) is 0 Å². The summed E-state index contributed by atoms with van der Waals surface area (Å²) in [5.74, 6) is 0.221. The maximum atomic E-state index is 11.5. The first-order valence-electron chi connectivity index (χ1n) is 5.80. The summed E-state index contributed by atoms with van der Waals surface area (Å²) in [5.41, 5.74) is 2.59. The molecule has 0 aliphatic carbocycles. The summed E-state index contributed by atoms with van der Waals surface area (Å²) in [5, 5.41) is 3.08. The molecule has 1 saturated heterocycles. The molecular weight excluding hydrogens is 200 g/mol. The van der Waals surface area contributed by atoms with E-state index in [0.29, 0.717) is 6.54 Å². The fraction of sp³-hybridized carbons (Fsp3) is 0.462. The van der Waals surface area contributed by atoms with E-state index in [-0.39, 0.29) is 5.91 Å². The number of carbonyl (C=O) groups excluding carboxylic acids is 1. The molecule has 3 nitrogen and oxygen atoms in total. The summed E-state index contributed by atoms with van der Waals surface area (Å²) >= 11 is 0. The molecule has 0 saturated carbocycles. The summed E-state index contributed by atoms with van der Waals surface area (Å²) in [4.78, 5) is 13.5. The number of hydrogen-bond donors (Lipinski definition) is 1. The molecule has 0 radical (unpaired) electrons. The molecule has 0 spiro atoms. The number of amides is 1. The lowest BCUT2D eigenvalue weighted by molar-refractivity contribution is -0.131. The molecule has 3 heteroatoms. The van der Waals surface area contributed by atoms with Gasteiger partial charge in [0, 0.05) is 19.6 Å². The molecule has 2 rings (SSSR count). The monoisotopic (exact) mass is 218 g/mol. The topological polar surface area (TPSA) is 32.3 Å². The average Bonchev–Trinajstić information content (AvgIpc) is 2.28. The van der Waals surface area contributed by atoms with Crippen LogP contribution in [-0.2, 0) is 11.2 Å². The van der Waals surface area contributed by atoms with Crippen LogP contribution in [0.5, 0.6) is 0 Å². The minimum absolute atomic E-state index is 0.221. The van der Waals surface area contributed by atoms with Gasteiger partial charge in [-0.1, -0.05) is 29.8 Å². The molecule has 0 atom stereocenters. The molecule has 0 bridgehead atoms. The Hall–Kier alpha value is -1.35. The molecule has 86 valence electrons. The smallest absolute Gasteiger partial charge is 0.236 e. The lowest BCUT2D eigenvalue weighted by Crippen LogP contribution is -2.48. The van der Waals surface area contributed by atoms with E-state index in [2.05, 4.69) is 36.5 Å². The van der Waals surface area contributed by atoms with Gasteiger partial charge in [-0.2, -0.15) is 0 Å². The molecule has 1 aromatic carbocycles. The van der Waals surface area contributed by atoms with Crippen molar-refractivity contribution in [3.8, 4) is 0 Å². The second-order valence-corrected chi connectivity index (χ2v) is 4.30. The Bertz CT molecular complexity index is 376. The molecular formula is C13H18N2O. The first kappa shape index (κ1) is 11.1. The third-order valence-electron chi connectivity index (χ3n) is 2.94. The number of hydrogen-bond acceptors (Lipinski definition) is 2. The number of nitrogens with one attached hydrogen (secondary N) is 1. The molecule has 0 aromatic heterocycles. The van der Waals surface area contributed by atoms with E-state index in [0.717, 1.165) is 26.1 Å². The second-order valence-electron chi connectivity index (χ2n) is 4.30. The maximum absolute atomic E-state index is 11.5. The van der Waals surface area contributed by atoms with Crippen LogP contribution < -0.4 is 5.32 Å².